The zero-order valence-electron chi connectivity index (χ0n) is 20.1. The van der Waals surface area contributed by atoms with Crippen LogP contribution in [0.5, 0.6) is 0 Å². The standard InChI is InChI=1S/C24H27ClF3N7O2/c1-24(21(29)36)5-2-13(3-6-24)35-20-18(10-30-22(34-20)31-17-4-7-37-11-16(17)28)32-23(35)33-19-14(25)8-12(26)9-15(19)27/h8-10,13,16-17H,2-7,11H2,1H3,(H2,29,36)(H,32,33)(H,30,31,34)/t13-,16-,17+,24-/m1/s1. The van der Waals surface area contributed by atoms with Gasteiger partial charge in [0.15, 0.2) is 11.5 Å². The monoisotopic (exact) mass is 537 g/mol. The Morgan fingerprint density at radius 2 is 2.00 bits per heavy atom. The van der Waals surface area contributed by atoms with Gasteiger partial charge in [-0.1, -0.05) is 18.5 Å². The van der Waals surface area contributed by atoms with Gasteiger partial charge in [-0.25, -0.2) is 23.1 Å². The van der Waals surface area contributed by atoms with E-state index >= 15 is 0 Å². The third-order valence-electron chi connectivity index (χ3n) is 7.30. The molecule has 0 radical (unpaired) electrons. The summed E-state index contributed by atoms with van der Waals surface area (Å²) in [5, 5.41) is 5.79. The second-order valence-corrected chi connectivity index (χ2v) is 10.3. The molecule has 1 aliphatic carbocycles. The van der Waals surface area contributed by atoms with E-state index in [4.69, 9.17) is 22.1 Å². The van der Waals surface area contributed by atoms with E-state index in [1.807, 2.05) is 6.92 Å². The van der Waals surface area contributed by atoms with Crippen molar-refractivity contribution in [3.63, 3.8) is 0 Å². The number of amides is 1. The topological polar surface area (TPSA) is 120 Å². The van der Waals surface area contributed by atoms with Crippen LogP contribution < -0.4 is 16.4 Å². The number of nitrogens with two attached hydrogens (primary N) is 1. The highest BCUT2D eigenvalue weighted by atomic mass is 35.5. The molecule has 1 amide bonds. The molecule has 1 saturated carbocycles. The zero-order chi connectivity index (χ0) is 26.3. The molecule has 3 heterocycles. The van der Waals surface area contributed by atoms with Gasteiger partial charge in [-0.2, -0.15) is 4.98 Å². The fraction of sp³-hybridized carbons (Fsp3) is 0.500. The first kappa shape index (κ1) is 25.5. The molecule has 198 valence electrons. The van der Waals surface area contributed by atoms with Crippen LogP contribution >= 0.6 is 11.6 Å². The van der Waals surface area contributed by atoms with E-state index < -0.39 is 29.3 Å². The third kappa shape index (κ3) is 5.04. The maximum absolute atomic E-state index is 14.6. The van der Waals surface area contributed by atoms with Gasteiger partial charge >= 0.3 is 0 Å². The van der Waals surface area contributed by atoms with Gasteiger partial charge in [-0.15, -0.1) is 0 Å². The second-order valence-electron chi connectivity index (χ2n) is 9.86. The first-order valence-electron chi connectivity index (χ1n) is 12.1. The largest absolute Gasteiger partial charge is 0.378 e. The molecular formula is C24H27ClF3N7O2. The van der Waals surface area contributed by atoms with Crippen LogP contribution in [0, 0.1) is 17.0 Å². The Kier molecular flexibility index (Phi) is 6.88. The normalized spacial score (nSPS) is 26.2. The highest BCUT2D eigenvalue weighted by molar-refractivity contribution is 6.33. The molecule has 37 heavy (non-hydrogen) atoms. The molecule has 1 aromatic carbocycles. The van der Waals surface area contributed by atoms with Crippen LogP contribution in [0.1, 0.15) is 45.1 Å². The van der Waals surface area contributed by atoms with E-state index in [9.17, 15) is 18.0 Å². The third-order valence-corrected chi connectivity index (χ3v) is 7.59. The lowest BCUT2D eigenvalue weighted by molar-refractivity contribution is -0.128. The zero-order valence-corrected chi connectivity index (χ0v) is 20.9. The summed E-state index contributed by atoms with van der Waals surface area (Å²) in [6.45, 7) is 2.27. The number of rotatable bonds is 6. The van der Waals surface area contributed by atoms with Crippen molar-refractivity contribution in [3.05, 3.63) is 35.0 Å². The number of ether oxygens (including phenoxy) is 1. The van der Waals surface area contributed by atoms with Gasteiger partial charge in [0.2, 0.25) is 17.8 Å². The first-order valence-corrected chi connectivity index (χ1v) is 12.5. The van der Waals surface area contributed by atoms with Crippen molar-refractivity contribution >= 4 is 46.3 Å². The maximum Gasteiger partial charge on any atom is 0.225 e. The molecular weight excluding hydrogens is 511 g/mol. The highest BCUT2D eigenvalue weighted by Crippen LogP contribution is 2.43. The second kappa shape index (κ2) is 9.97. The Balaban J connectivity index is 1.54. The summed E-state index contributed by atoms with van der Waals surface area (Å²) >= 11 is 6.13. The Morgan fingerprint density at radius 3 is 2.68 bits per heavy atom. The Morgan fingerprint density at radius 1 is 1.24 bits per heavy atom. The summed E-state index contributed by atoms with van der Waals surface area (Å²) in [7, 11) is 0. The van der Waals surface area contributed by atoms with Gasteiger partial charge in [0.05, 0.1) is 29.6 Å². The van der Waals surface area contributed by atoms with Crippen LogP contribution in [-0.4, -0.2) is 50.9 Å². The average Bonchev–Trinajstić information content (AvgIpc) is 3.20. The lowest BCUT2D eigenvalue weighted by Gasteiger charge is -2.35. The molecule has 0 bridgehead atoms. The minimum Gasteiger partial charge on any atom is -0.378 e. The molecule has 13 heteroatoms. The molecule has 5 rings (SSSR count). The summed E-state index contributed by atoms with van der Waals surface area (Å²) in [4.78, 5) is 25.5. The summed E-state index contributed by atoms with van der Waals surface area (Å²) < 4.78 is 49.5. The van der Waals surface area contributed by atoms with E-state index in [2.05, 4.69) is 25.6 Å². The molecule has 4 N–H and O–H groups in total. The fourth-order valence-electron chi connectivity index (χ4n) is 4.94. The molecule has 9 nitrogen and oxygen atoms in total. The SMILES string of the molecule is C[C@]1(C(N)=O)CC[C@H](n2c(Nc3c(F)cc(F)cc3Cl)nc3cnc(N[C@H]4CCOC[C@H]4F)nc32)CC1. The Labute approximate surface area is 215 Å². The van der Waals surface area contributed by atoms with E-state index in [1.165, 1.54) is 6.20 Å². The Bertz CT molecular complexity index is 1310. The Hall–Kier alpha value is -3.12. The number of halogens is 4. The predicted molar refractivity (Wildman–Crippen MR) is 133 cm³/mol. The molecule has 1 aliphatic heterocycles. The number of aromatic nitrogens is 4. The molecule has 0 unspecified atom stereocenters. The van der Waals surface area contributed by atoms with Crippen LogP contribution in [0.4, 0.5) is 30.8 Å². The van der Waals surface area contributed by atoms with E-state index in [0.29, 0.717) is 49.9 Å². The average molecular weight is 538 g/mol. The van der Waals surface area contributed by atoms with Crippen LogP contribution in [0.2, 0.25) is 5.02 Å². The quantitative estimate of drug-likeness (QED) is 0.419. The van der Waals surface area contributed by atoms with Gasteiger partial charge in [0.1, 0.15) is 17.5 Å². The van der Waals surface area contributed by atoms with Crippen molar-refractivity contribution in [2.45, 2.75) is 57.3 Å². The van der Waals surface area contributed by atoms with Crippen molar-refractivity contribution in [1.82, 2.24) is 19.5 Å². The van der Waals surface area contributed by atoms with E-state index in [-0.39, 0.29) is 41.2 Å². The van der Waals surface area contributed by atoms with E-state index in [0.717, 1.165) is 12.1 Å². The predicted octanol–water partition coefficient (Wildman–Crippen LogP) is 4.65. The van der Waals surface area contributed by atoms with Crippen LogP contribution in [0.15, 0.2) is 18.3 Å². The lowest BCUT2D eigenvalue weighted by atomic mass is 9.73. The molecule has 2 fully saturated rings. The molecule has 1 saturated heterocycles. The van der Waals surface area contributed by atoms with Gasteiger partial charge in [-0.05, 0) is 38.2 Å². The summed E-state index contributed by atoms with van der Waals surface area (Å²) in [5.74, 6) is -1.59. The molecule has 3 aromatic rings. The number of imidazole rings is 1. The number of fused-ring (bicyclic) bond motifs is 1. The van der Waals surface area contributed by atoms with Gasteiger partial charge in [-0.3, -0.25) is 9.36 Å². The summed E-state index contributed by atoms with van der Waals surface area (Å²) in [6.07, 6.45) is 3.00. The number of primary amides is 1. The molecule has 2 aliphatic rings. The molecule has 2 atom stereocenters. The van der Waals surface area contributed by atoms with Crippen molar-refractivity contribution in [2.24, 2.45) is 11.1 Å². The number of nitrogens with one attached hydrogen (secondary N) is 2. The number of nitrogens with zero attached hydrogens (tertiary/aromatic N) is 4. The smallest absolute Gasteiger partial charge is 0.225 e. The fourth-order valence-corrected chi connectivity index (χ4v) is 5.19. The molecule has 0 spiro atoms. The minimum absolute atomic E-state index is 0.00336. The number of hydrogen-bond donors (Lipinski definition) is 3. The van der Waals surface area contributed by atoms with Crippen molar-refractivity contribution < 1.29 is 22.7 Å². The highest BCUT2D eigenvalue weighted by Gasteiger charge is 2.38. The van der Waals surface area contributed by atoms with Gasteiger partial charge < -0.3 is 21.1 Å². The number of carbonyl (C=O) groups excluding carboxylic acids is 1. The van der Waals surface area contributed by atoms with Crippen molar-refractivity contribution in [1.29, 1.82) is 0 Å². The molecule has 2 aromatic heterocycles. The van der Waals surface area contributed by atoms with Crippen LogP contribution in [0.25, 0.3) is 11.2 Å². The number of anilines is 3. The van der Waals surface area contributed by atoms with Crippen molar-refractivity contribution in [3.8, 4) is 0 Å². The maximum atomic E-state index is 14.6. The number of benzene rings is 1. The number of alkyl halides is 1. The van der Waals surface area contributed by atoms with E-state index in [1.54, 1.807) is 4.57 Å². The summed E-state index contributed by atoms with van der Waals surface area (Å²) in [5.41, 5.74) is 5.72. The first-order chi connectivity index (χ1) is 17.6. The number of carbonyl (C=O) groups is 1. The van der Waals surface area contributed by atoms with Crippen LogP contribution in [-0.2, 0) is 9.53 Å². The lowest BCUT2D eigenvalue weighted by Crippen LogP contribution is -2.39. The van der Waals surface area contributed by atoms with Gasteiger partial charge in [0, 0.05) is 24.1 Å². The van der Waals surface area contributed by atoms with Crippen LogP contribution in [0.3, 0.4) is 0 Å². The number of hydrogen-bond acceptors (Lipinski definition) is 7. The van der Waals surface area contributed by atoms with Gasteiger partial charge in [0.25, 0.3) is 0 Å². The summed E-state index contributed by atoms with van der Waals surface area (Å²) in [6, 6.07) is 1.06. The minimum atomic E-state index is -1.21. The van der Waals surface area contributed by atoms with Crippen molar-refractivity contribution in [2.75, 3.05) is 23.8 Å².